The number of imidazole rings is 1. The molecule has 0 aromatic carbocycles. The number of fused-ring (bicyclic) bond motifs is 2. The SMILES string of the molecule is COCCOCCO/N=C(\C(=O)N[C@@H]1C(=O)N2C(C(=O)[O-])=C(C[n+]3ccn4nc(SCCN)ccc43)CS[C@H]12)c1csc(N)n1. The van der Waals surface area contributed by atoms with Gasteiger partial charge in [-0.3, -0.25) is 14.5 Å². The first-order valence-corrected chi connectivity index (χ1v) is 16.6. The van der Waals surface area contributed by atoms with Crippen LogP contribution in [0.4, 0.5) is 5.13 Å². The number of nitrogens with one attached hydrogen (secondary N) is 1. The lowest BCUT2D eigenvalue weighted by atomic mass is 10.0. The minimum atomic E-state index is -1.47. The fraction of sp³-hybridized carbons (Fsp3) is 0.423. The van der Waals surface area contributed by atoms with Crippen molar-refractivity contribution in [1.29, 1.82) is 0 Å². The highest BCUT2D eigenvalue weighted by molar-refractivity contribution is 8.00. The van der Waals surface area contributed by atoms with Gasteiger partial charge in [0.15, 0.2) is 17.0 Å². The molecule has 2 atom stereocenters. The molecular weight excluding hydrogens is 647 g/mol. The number of aliphatic carboxylic acids is 1. The smallest absolute Gasteiger partial charge is 0.307 e. The molecule has 0 spiro atoms. The largest absolute Gasteiger partial charge is 0.543 e. The molecule has 3 aromatic rings. The van der Waals surface area contributed by atoms with E-state index in [0.29, 0.717) is 31.1 Å². The molecular formula is C26H31N9O7S3. The highest BCUT2D eigenvalue weighted by atomic mass is 32.2. The Hall–Kier alpha value is -3.75. The summed E-state index contributed by atoms with van der Waals surface area (Å²) in [6, 6.07) is 2.75. The summed E-state index contributed by atoms with van der Waals surface area (Å²) in [5.41, 5.74) is 12.4. The van der Waals surface area contributed by atoms with Gasteiger partial charge < -0.3 is 41.0 Å². The van der Waals surface area contributed by atoms with Crippen molar-refractivity contribution >= 4 is 69.1 Å². The number of nitrogen functional groups attached to an aromatic ring is 1. The predicted molar refractivity (Wildman–Crippen MR) is 164 cm³/mol. The summed E-state index contributed by atoms with van der Waals surface area (Å²) >= 11 is 3.98. The summed E-state index contributed by atoms with van der Waals surface area (Å²) in [5.74, 6) is -1.76. The minimum Gasteiger partial charge on any atom is -0.543 e. The Bertz CT molecular complexity index is 1630. The number of ether oxygens (including phenoxy) is 2. The molecule has 0 bridgehead atoms. The van der Waals surface area contributed by atoms with Gasteiger partial charge in [-0.1, -0.05) is 10.3 Å². The van der Waals surface area contributed by atoms with Crippen LogP contribution in [0, 0.1) is 0 Å². The fourth-order valence-electron chi connectivity index (χ4n) is 4.60. The van der Waals surface area contributed by atoms with Crippen molar-refractivity contribution in [2.45, 2.75) is 23.0 Å². The molecule has 240 valence electrons. The van der Waals surface area contributed by atoms with Gasteiger partial charge in [0.1, 0.15) is 41.5 Å². The van der Waals surface area contributed by atoms with Crippen molar-refractivity contribution in [2.24, 2.45) is 10.9 Å². The van der Waals surface area contributed by atoms with E-state index in [-0.39, 0.29) is 42.0 Å². The number of thiazole rings is 1. The molecule has 16 nitrogen and oxygen atoms in total. The van der Waals surface area contributed by atoms with Gasteiger partial charge in [-0.05, 0) is 6.07 Å². The first-order chi connectivity index (χ1) is 21.8. The van der Waals surface area contributed by atoms with Gasteiger partial charge in [0, 0.05) is 42.2 Å². The molecule has 1 saturated heterocycles. The van der Waals surface area contributed by atoms with Gasteiger partial charge in [0.2, 0.25) is 0 Å². The number of carbonyl (C=O) groups excluding carboxylic acids is 3. The Morgan fingerprint density at radius 1 is 1.29 bits per heavy atom. The maximum atomic E-state index is 13.3. The van der Waals surface area contributed by atoms with Gasteiger partial charge in [-0.2, -0.15) is 0 Å². The van der Waals surface area contributed by atoms with Crippen LogP contribution in [-0.4, -0.2) is 106 Å². The lowest BCUT2D eigenvalue weighted by molar-refractivity contribution is -0.662. The Balaban J connectivity index is 1.28. The van der Waals surface area contributed by atoms with Crippen molar-refractivity contribution in [1.82, 2.24) is 24.8 Å². The Labute approximate surface area is 269 Å². The van der Waals surface area contributed by atoms with Gasteiger partial charge >= 0.3 is 5.65 Å². The number of anilines is 1. The molecule has 0 saturated carbocycles. The summed E-state index contributed by atoms with van der Waals surface area (Å²) < 4.78 is 13.8. The van der Waals surface area contributed by atoms with Crippen LogP contribution in [0.2, 0.25) is 0 Å². The van der Waals surface area contributed by atoms with Crippen LogP contribution >= 0.6 is 34.9 Å². The zero-order valence-corrected chi connectivity index (χ0v) is 26.6. The van der Waals surface area contributed by atoms with Gasteiger partial charge in [-0.25, -0.2) is 9.55 Å². The number of hydrogen-bond acceptors (Lipinski definition) is 15. The molecule has 1 fully saturated rings. The van der Waals surface area contributed by atoms with Crippen LogP contribution in [-0.2, 0) is 35.2 Å². The molecule has 19 heteroatoms. The molecule has 2 amide bonds. The molecule has 5 N–H and O–H groups in total. The summed E-state index contributed by atoms with van der Waals surface area (Å²) in [6.07, 6.45) is 3.56. The molecule has 5 rings (SSSR count). The molecule has 0 radical (unpaired) electrons. The van der Waals surface area contributed by atoms with E-state index in [4.69, 9.17) is 25.8 Å². The lowest BCUT2D eigenvalue weighted by Gasteiger charge is -2.50. The molecule has 2 aliphatic heterocycles. The second-order valence-electron chi connectivity index (χ2n) is 9.59. The van der Waals surface area contributed by atoms with Crippen molar-refractivity contribution in [3.8, 4) is 0 Å². The molecule has 5 heterocycles. The number of rotatable bonds is 16. The number of methoxy groups -OCH3 is 1. The number of hydrogen-bond donors (Lipinski definition) is 3. The van der Waals surface area contributed by atoms with Crippen molar-refractivity contribution < 1.29 is 38.4 Å². The summed E-state index contributed by atoms with van der Waals surface area (Å²) in [6.45, 7) is 1.79. The third kappa shape index (κ3) is 7.39. The summed E-state index contributed by atoms with van der Waals surface area (Å²) in [7, 11) is 1.56. The van der Waals surface area contributed by atoms with E-state index in [1.54, 1.807) is 24.0 Å². The van der Waals surface area contributed by atoms with E-state index in [9.17, 15) is 19.5 Å². The summed E-state index contributed by atoms with van der Waals surface area (Å²) in [5, 5.41) is 25.4. The Morgan fingerprint density at radius 2 is 2.11 bits per heavy atom. The predicted octanol–water partition coefficient (Wildman–Crippen LogP) is -1.80. The van der Waals surface area contributed by atoms with Crippen LogP contribution in [0.3, 0.4) is 0 Å². The normalized spacial score (nSPS) is 18.2. The highest BCUT2D eigenvalue weighted by Crippen LogP contribution is 2.40. The number of carboxylic acid groups (broad SMARTS) is 1. The standard InChI is InChI=1S/C26H31N9O7S3/c1-40-7-8-41-9-10-42-32-19(16-14-45-26(28)29-16)22(36)30-20-23(37)35-21(25(38)39)15(13-44-24(20)35)12-33-5-6-34-18(33)3-2-17(31-34)43-11-4-27/h2-3,5-6,14,20,24H,4,7-13,27H2,1H3,(H3-,28,29,30,36,38,39)/b32-19-/t20-,24-/m1/s1. The van der Waals surface area contributed by atoms with Crippen LogP contribution in [0.25, 0.3) is 5.65 Å². The first-order valence-electron chi connectivity index (χ1n) is 13.7. The maximum Gasteiger partial charge on any atom is 0.307 e. The van der Waals surface area contributed by atoms with Gasteiger partial charge in [0.25, 0.3) is 11.8 Å². The van der Waals surface area contributed by atoms with Gasteiger partial charge in [-0.15, -0.1) is 39.4 Å². The van der Waals surface area contributed by atoms with E-state index < -0.39 is 29.2 Å². The molecule has 0 aliphatic carbocycles. The number of thioether (sulfide) groups is 2. The Morgan fingerprint density at radius 3 is 2.84 bits per heavy atom. The summed E-state index contributed by atoms with van der Waals surface area (Å²) in [4.78, 5) is 49.4. The number of nitrogens with two attached hydrogens (primary N) is 2. The number of aromatic nitrogens is 4. The van der Waals surface area contributed by atoms with E-state index in [1.165, 1.54) is 28.9 Å². The zero-order valence-electron chi connectivity index (χ0n) is 24.1. The second kappa shape index (κ2) is 15.0. The third-order valence-corrected chi connectivity index (χ3v) is 9.61. The van der Waals surface area contributed by atoms with Crippen molar-refractivity contribution in [3.63, 3.8) is 0 Å². The number of carbonyl (C=O) groups is 3. The number of β-lactam (4-membered cyclic amide) rings is 1. The van der Waals surface area contributed by atoms with Crippen LogP contribution in [0.15, 0.2) is 51.4 Å². The third-order valence-electron chi connectivity index (χ3n) is 6.64. The number of oxime groups is 1. The zero-order chi connectivity index (χ0) is 31.9. The molecule has 0 unspecified atom stereocenters. The van der Waals surface area contributed by atoms with Crippen molar-refractivity contribution in [3.05, 3.63) is 46.9 Å². The average Bonchev–Trinajstić information content (AvgIpc) is 3.65. The maximum absolute atomic E-state index is 13.3. The molecule has 45 heavy (non-hydrogen) atoms. The van der Waals surface area contributed by atoms with E-state index >= 15 is 0 Å². The molecule has 2 aliphatic rings. The van der Waals surface area contributed by atoms with Crippen LogP contribution < -0.4 is 26.5 Å². The highest BCUT2D eigenvalue weighted by Gasteiger charge is 2.53. The van der Waals surface area contributed by atoms with Crippen molar-refractivity contribution in [2.75, 3.05) is 57.3 Å². The second-order valence-corrected chi connectivity index (χ2v) is 12.7. The number of amides is 2. The van der Waals surface area contributed by atoms with Crippen LogP contribution in [0.5, 0.6) is 0 Å². The first kappa shape index (κ1) is 32.6. The average molecular weight is 678 g/mol. The molecule has 3 aromatic heterocycles. The van der Waals surface area contributed by atoms with E-state index in [1.807, 2.05) is 16.7 Å². The quantitative estimate of drug-likeness (QED) is 0.0381. The fourth-order valence-corrected chi connectivity index (χ4v) is 7.12. The number of nitrogens with zero attached hydrogens (tertiary/aromatic N) is 6. The monoisotopic (exact) mass is 677 g/mol. The number of carboxylic acids is 1. The lowest BCUT2D eigenvalue weighted by Crippen LogP contribution is -2.71. The minimum absolute atomic E-state index is 0.0525. The van der Waals surface area contributed by atoms with Gasteiger partial charge in [0.05, 0.1) is 31.5 Å². The topological polar surface area (TPSA) is 216 Å². The Kier molecular flexibility index (Phi) is 10.9. The van der Waals surface area contributed by atoms with Crippen LogP contribution in [0.1, 0.15) is 5.69 Å². The van der Waals surface area contributed by atoms with E-state index in [0.717, 1.165) is 32.7 Å². The van der Waals surface area contributed by atoms with E-state index in [2.05, 4.69) is 20.6 Å².